The average molecular weight is 489 g/mol. The highest BCUT2D eigenvalue weighted by Crippen LogP contribution is 2.36. The fraction of sp³-hybridized carbons (Fsp3) is 0.370. The molecule has 4 rings (SSSR count). The Balaban J connectivity index is 1.63. The Morgan fingerprint density at radius 3 is 2.56 bits per heavy atom. The van der Waals surface area contributed by atoms with Gasteiger partial charge in [0.25, 0.3) is 0 Å². The highest BCUT2D eigenvalue weighted by molar-refractivity contribution is 5.87. The number of nitrogens with two attached hydrogens (primary N) is 1. The van der Waals surface area contributed by atoms with Gasteiger partial charge in [-0.1, -0.05) is 19.9 Å². The fourth-order valence-corrected chi connectivity index (χ4v) is 4.42. The van der Waals surface area contributed by atoms with E-state index in [0.29, 0.717) is 29.0 Å². The molecule has 0 aliphatic heterocycles. The summed E-state index contributed by atoms with van der Waals surface area (Å²) in [5.74, 6) is 1.50. The lowest BCUT2D eigenvalue weighted by atomic mass is 10.0. The molecule has 2 heterocycles. The maximum absolute atomic E-state index is 6.42. The number of hydrogen-bond acceptors (Lipinski definition) is 8. The van der Waals surface area contributed by atoms with Crippen molar-refractivity contribution >= 4 is 33.9 Å². The van der Waals surface area contributed by atoms with Gasteiger partial charge in [-0.3, -0.25) is 4.68 Å². The molecule has 0 aliphatic rings. The molecule has 0 saturated carbocycles. The Morgan fingerprint density at radius 1 is 1.08 bits per heavy atom. The molecule has 2 aromatic carbocycles. The summed E-state index contributed by atoms with van der Waals surface area (Å²) >= 11 is 0. The van der Waals surface area contributed by atoms with E-state index in [9.17, 15) is 0 Å². The van der Waals surface area contributed by atoms with Crippen LogP contribution in [0.3, 0.4) is 0 Å². The molecule has 3 N–H and O–H groups in total. The van der Waals surface area contributed by atoms with E-state index in [-0.39, 0.29) is 0 Å². The Hall–Kier alpha value is -3.85. The third-order valence-corrected chi connectivity index (χ3v) is 6.27. The van der Waals surface area contributed by atoms with Crippen LogP contribution in [0.5, 0.6) is 5.75 Å². The predicted molar refractivity (Wildman–Crippen MR) is 148 cm³/mol. The largest absolute Gasteiger partial charge is 0.494 e. The zero-order valence-electron chi connectivity index (χ0n) is 22.2. The zero-order valence-corrected chi connectivity index (χ0v) is 22.2. The first-order chi connectivity index (χ1) is 17.2. The number of ether oxygens (including phenoxy) is 1. The van der Waals surface area contributed by atoms with Gasteiger partial charge >= 0.3 is 0 Å². The summed E-state index contributed by atoms with van der Waals surface area (Å²) in [6.07, 6.45) is 1.75. The van der Waals surface area contributed by atoms with Gasteiger partial charge in [0, 0.05) is 56.1 Å². The quantitative estimate of drug-likeness (QED) is 0.333. The van der Waals surface area contributed by atoms with Crippen molar-refractivity contribution in [1.29, 1.82) is 0 Å². The van der Waals surface area contributed by atoms with E-state index in [1.807, 2.05) is 49.1 Å². The molecule has 0 bridgehead atoms. The number of nitrogens with one attached hydrogen (secondary N) is 1. The molecule has 0 atom stereocenters. The lowest BCUT2D eigenvalue weighted by Gasteiger charge is -2.24. The molecule has 0 spiro atoms. The van der Waals surface area contributed by atoms with Crippen molar-refractivity contribution in [3.8, 4) is 17.0 Å². The van der Waals surface area contributed by atoms with Gasteiger partial charge in [0.1, 0.15) is 5.75 Å². The number of anilines is 4. The topological polar surface area (TPSA) is 97.4 Å². The van der Waals surface area contributed by atoms with E-state index in [0.717, 1.165) is 40.9 Å². The number of likely N-dealkylation sites (N-methyl/N-ethyl adjacent to an activating group) is 2. The van der Waals surface area contributed by atoms with Crippen LogP contribution in [0.4, 0.5) is 23.0 Å². The Kier molecular flexibility index (Phi) is 7.30. The van der Waals surface area contributed by atoms with E-state index < -0.39 is 0 Å². The third kappa shape index (κ3) is 5.21. The monoisotopic (exact) mass is 488 g/mol. The van der Waals surface area contributed by atoms with Gasteiger partial charge in [0.05, 0.1) is 35.4 Å². The molecule has 0 radical (unpaired) electrons. The van der Waals surface area contributed by atoms with Gasteiger partial charge in [-0.2, -0.15) is 5.10 Å². The van der Waals surface area contributed by atoms with Crippen molar-refractivity contribution < 1.29 is 4.74 Å². The molecule has 0 aliphatic carbocycles. The number of nitrogens with zero attached hydrogens (tertiary/aromatic N) is 6. The fourth-order valence-electron chi connectivity index (χ4n) is 4.42. The maximum atomic E-state index is 6.42. The van der Waals surface area contributed by atoms with Crippen LogP contribution >= 0.6 is 0 Å². The highest BCUT2D eigenvalue weighted by atomic mass is 16.5. The average Bonchev–Trinajstić information content (AvgIpc) is 3.18. The van der Waals surface area contributed by atoms with Crippen LogP contribution in [0.25, 0.3) is 22.2 Å². The van der Waals surface area contributed by atoms with Crippen LogP contribution in [-0.2, 0) is 7.05 Å². The van der Waals surface area contributed by atoms with Gasteiger partial charge in [-0.05, 0) is 44.3 Å². The molecule has 0 unspecified atom stereocenters. The van der Waals surface area contributed by atoms with Crippen LogP contribution in [0.2, 0.25) is 0 Å². The van der Waals surface area contributed by atoms with E-state index in [1.165, 1.54) is 5.69 Å². The number of benzene rings is 2. The van der Waals surface area contributed by atoms with Crippen molar-refractivity contribution in [2.75, 3.05) is 57.3 Å². The van der Waals surface area contributed by atoms with Crippen molar-refractivity contribution in [2.24, 2.45) is 7.05 Å². The summed E-state index contributed by atoms with van der Waals surface area (Å²) < 4.78 is 7.63. The summed E-state index contributed by atoms with van der Waals surface area (Å²) in [6, 6.07) is 12.0. The van der Waals surface area contributed by atoms with Gasteiger partial charge in [0.2, 0.25) is 5.95 Å². The molecular formula is C27H36N8O. The smallest absolute Gasteiger partial charge is 0.227 e. The summed E-state index contributed by atoms with van der Waals surface area (Å²) in [4.78, 5) is 13.5. The Morgan fingerprint density at radius 2 is 1.86 bits per heavy atom. The van der Waals surface area contributed by atoms with E-state index in [2.05, 4.69) is 59.2 Å². The SMILES string of the molecule is COc1cc(N(C)CCN(C)C)c(N)cc1Nc1nccc(-c2ccc3nn(C)c(C(C)C)c3c2)n1. The number of rotatable bonds is 9. The van der Waals surface area contributed by atoms with Crippen molar-refractivity contribution in [3.05, 3.63) is 48.3 Å². The molecule has 9 nitrogen and oxygen atoms in total. The molecular weight excluding hydrogens is 452 g/mol. The molecule has 0 amide bonds. The Bertz CT molecular complexity index is 1360. The minimum absolute atomic E-state index is 0.362. The van der Waals surface area contributed by atoms with E-state index in [4.69, 9.17) is 15.5 Å². The molecule has 36 heavy (non-hydrogen) atoms. The van der Waals surface area contributed by atoms with Crippen LogP contribution < -0.4 is 20.7 Å². The van der Waals surface area contributed by atoms with Crippen molar-refractivity contribution in [2.45, 2.75) is 19.8 Å². The number of aryl methyl sites for hydroxylation is 1. The molecule has 4 aromatic rings. The normalized spacial score (nSPS) is 11.5. The minimum Gasteiger partial charge on any atom is -0.494 e. The number of hydrogen-bond donors (Lipinski definition) is 2. The van der Waals surface area contributed by atoms with Gasteiger partial charge < -0.3 is 25.6 Å². The third-order valence-electron chi connectivity index (χ3n) is 6.27. The Labute approximate surface area is 212 Å². The summed E-state index contributed by atoms with van der Waals surface area (Å²) in [6.45, 7) is 6.13. The lowest BCUT2D eigenvalue weighted by Crippen LogP contribution is -2.29. The van der Waals surface area contributed by atoms with Crippen LogP contribution in [-0.4, -0.2) is 66.0 Å². The van der Waals surface area contributed by atoms with Crippen molar-refractivity contribution in [1.82, 2.24) is 24.6 Å². The number of aromatic nitrogens is 4. The van der Waals surface area contributed by atoms with Crippen LogP contribution in [0, 0.1) is 0 Å². The van der Waals surface area contributed by atoms with Crippen molar-refractivity contribution in [3.63, 3.8) is 0 Å². The first-order valence-electron chi connectivity index (χ1n) is 12.1. The first-order valence-corrected chi connectivity index (χ1v) is 12.1. The van der Waals surface area contributed by atoms with Crippen LogP contribution in [0.1, 0.15) is 25.5 Å². The van der Waals surface area contributed by atoms with E-state index >= 15 is 0 Å². The predicted octanol–water partition coefficient (Wildman–Crippen LogP) is 4.49. The van der Waals surface area contributed by atoms with Crippen LogP contribution in [0.15, 0.2) is 42.6 Å². The summed E-state index contributed by atoms with van der Waals surface area (Å²) in [5, 5.41) is 9.08. The first kappa shape index (κ1) is 25.2. The second-order valence-corrected chi connectivity index (χ2v) is 9.62. The molecule has 0 saturated heterocycles. The van der Waals surface area contributed by atoms with Gasteiger partial charge in [-0.25, -0.2) is 9.97 Å². The lowest BCUT2D eigenvalue weighted by molar-refractivity contribution is 0.413. The molecule has 9 heteroatoms. The number of fused-ring (bicyclic) bond motifs is 1. The molecule has 0 fully saturated rings. The van der Waals surface area contributed by atoms with E-state index in [1.54, 1.807) is 13.3 Å². The standard InChI is InChI=1S/C27H36N8O/c1-17(2)26-19-14-18(8-9-22(19)32-35(26)6)21-10-11-29-27(30-21)31-23-15-20(28)24(16-25(23)36-7)34(5)13-12-33(3)4/h8-11,14-17H,12-13,28H2,1-7H3,(H,29,30,31). The van der Waals surface area contributed by atoms with Gasteiger partial charge in [0.15, 0.2) is 0 Å². The van der Waals surface area contributed by atoms with Gasteiger partial charge in [-0.15, -0.1) is 0 Å². The zero-order chi connectivity index (χ0) is 26.0. The highest BCUT2D eigenvalue weighted by Gasteiger charge is 2.16. The maximum Gasteiger partial charge on any atom is 0.227 e. The number of methoxy groups -OCH3 is 1. The number of nitrogen functional groups attached to an aromatic ring is 1. The minimum atomic E-state index is 0.362. The summed E-state index contributed by atoms with van der Waals surface area (Å²) in [7, 11) is 9.77. The second-order valence-electron chi connectivity index (χ2n) is 9.62. The molecule has 190 valence electrons. The molecule has 2 aromatic heterocycles. The summed E-state index contributed by atoms with van der Waals surface area (Å²) in [5.41, 5.74) is 12.7. The second kappa shape index (κ2) is 10.4.